The van der Waals surface area contributed by atoms with E-state index in [0.717, 1.165) is 28.1 Å². The van der Waals surface area contributed by atoms with Crippen LogP contribution in [0.3, 0.4) is 0 Å². The lowest BCUT2D eigenvalue weighted by Gasteiger charge is -2.08. The minimum Gasteiger partial charge on any atom is -0.462 e. The number of carbonyl (C=O) groups excluding carboxylic acids is 2. The van der Waals surface area contributed by atoms with Crippen molar-refractivity contribution in [2.75, 3.05) is 11.9 Å². The van der Waals surface area contributed by atoms with E-state index >= 15 is 0 Å². The van der Waals surface area contributed by atoms with E-state index in [1.54, 1.807) is 37.3 Å². The highest BCUT2D eigenvalue weighted by atomic mass is 32.1. The van der Waals surface area contributed by atoms with E-state index in [-0.39, 0.29) is 5.97 Å². The molecular formula is C21H17F2NO3S. The van der Waals surface area contributed by atoms with E-state index < -0.39 is 23.1 Å². The smallest absolute Gasteiger partial charge is 0.348 e. The molecule has 0 unspecified atom stereocenters. The maximum atomic E-state index is 13.7. The van der Waals surface area contributed by atoms with Crippen molar-refractivity contribution in [1.29, 1.82) is 0 Å². The molecule has 0 saturated heterocycles. The summed E-state index contributed by atoms with van der Waals surface area (Å²) < 4.78 is 32.5. The van der Waals surface area contributed by atoms with Gasteiger partial charge in [0.05, 0.1) is 6.61 Å². The largest absolute Gasteiger partial charge is 0.462 e. The fourth-order valence-electron chi connectivity index (χ4n) is 2.71. The number of benzene rings is 2. The Kier molecular flexibility index (Phi) is 5.84. The lowest BCUT2D eigenvalue weighted by Crippen LogP contribution is -2.15. The zero-order valence-electron chi connectivity index (χ0n) is 15.2. The van der Waals surface area contributed by atoms with Gasteiger partial charge in [-0.2, -0.15) is 0 Å². The average molecular weight is 401 g/mol. The van der Waals surface area contributed by atoms with Gasteiger partial charge in [0.1, 0.15) is 22.1 Å². The van der Waals surface area contributed by atoms with Crippen LogP contribution >= 0.6 is 11.3 Å². The highest BCUT2D eigenvalue weighted by Crippen LogP contribution is 2.32. The molecule has 1 N–H and O–H groups in total. The van der Waals surface area contributed by atoms with Gasteiger partial charge in [0.25, 0.3) is 5.91 Å². The van der Waals surface area contributed by atoms with Gasteiger partial charge in [-0.3, -0.25) is 4.79 Å². The second kappa shape index (κ2) is 8.31. The number of esters is 1. The van der Waals surface area contributed by atoms with Crippen LogP contribution in [0.1, 0.15) is 31.8 Å². The SMILES string of the molecule is CCOC(=O)c1cc(-c2ccc(NC(=O)c3c(F)cccc3F)cc2)c(C)s1. The number of ether oxygens (including phenoxy) is 1. The van der Waals surface area contributed by atoms with E-state index in [4.69, 9.17) is 4.74 Å². The topological polar surface area (TPSA) is 55.4 Å². The molecule has 0 aliphatic heterocycles. The van der Waals surface area contributed by atoms with Crippen molar-refractivity contribution in [2.24, 2.45) is 0 Å². The Labute approximate surface area is 164 Å². The summed E-state index contributed by atoms with van der Waals surface area (Å²) in [7, 11) is 0. The number of rotatable bonds is 5. The van der Waals surface area contributed by atoms with Crippen LogP contribution < -0.4 is 5.32 Å². The summed E-state index contributed by atoms with van der Waals surface area (Å²) >= 11 is 1.34. The molecule has 0 atom stereocenters. The summed E-state index contributed by atoms with van der Waals surface area (Å²) in [6.45, 7) is 3.96. The van der Waals surface area contributed by atoms with Gasteiger partial charge in [-0.15, -0.1) is 11.3 Å². The Bertz CT molecular complexity index is 1010. The highest BCUT2D eigenvalue weighted by molar-refractivity contribution is 7.14. The number of nitrogens with one attached hydrogen (secondary N) is 1. The molecule has 2 aromatic carbocycles. The van der Waals surface area contributed by atoms with Crippen LogP contribution in [-0.4, -0.2) is 18.5 Å². The monoisotopic (exact) mass is 401 g/mol. The van der Waals surface area contributed by atoms with E-state index in [0.29, 0.717) is 17.2 Å². The third-order valence-electron chi connectivity index (χ3n) is 4.04. The minimum atomic E-state index is -0.922. The number of anilines is 1. The van der Waals surface area contributed by atoms with Crippen LogP contribution in [0.15, 0.2) is 48.5 Å². The first kappa shape index (κ1) is 19.7. The summed E-state index contributed by atoms with van der Waals surface area (Å²) in [6, 6.07) is 11.8. The normalized spacial score (nSPS) is 10.6. The van der Waals surface area contributed by atoms with Crippen LogP contribution in [0.25, 0.3) is 11.1 Å². The quantitative estimate of drug-likeness (QED) is 0.580. The maximum Gasteiger partial charge on any atom is 0.348 e. The summed E-state index contributed by atoms with van der Waals surface area (Å²) in [4.78, 5) is 25.5. The van der Waals surface area contributed by atoms with Crippen LogP contribution in [0.4, 0.5) is 14.5 Å². The second-order valence-corrected chi connectivity index (χ2v) is 7.19. The third kappa shape index (κ3) is 4.09. The summed E-state index contributed by atoms with van der Waals surface area (Å²) in [6.07, 6.45) is 0. The van der Waals surface area contributed by atoms with Gasteiger partial charge in [-0.1, -0.05) is 18.2 Å². The van der Waals surface area contributed by atoms with Crippen molar-refractivity contribution in [3.63, 3.8) is 0 Å². The molecule has 3 rings (SSSR count). The van der Waals surface area contributed by atoms with Gasteiger partial charge in [-0.25, -0.2) is 13.6 Å². The molecule has 1 heterocycles. The van der Waals surface area contributed by atoms with Gasteiger partial charge in [0.2, 0.25) is 0 Å². The first-order chi connectivity index (χ1) is 13.4. The van der Waals surface area contributed by atoms with Crippen LogP contribution in [0.5, 0.6) is 0 Å². The lowest BCUT2D eigenvalue weighted by atomic mass is 10.1. The third-order valence-corrected chi connectivity index (χ3v) is 5.07. The number of carbonyl (C=O) groups is 2. The molecule has 0 fully saturated rings. The van der Waals surface area contributed by atoms with Crippen LogP contribution in [0.2, 0.25) is 0 Å². The number of aryl methyl sites for hydroxylation is 1. The second-order valence-electron chi connectivity index (χ2n) is 5.93. The molecule has 7 heteroatoms. The Morgan fingerprint density at radius 1 is 1.07 bits per heavy atom. The molecule has 1 aromatic heterocycles. The lowest BCUT2D eigenvalue weighted by molar-refractivity contribution is 0.0532. The number of hydrogen-bond donors (Lipinski definition) is 1. The van der Waals surface area contributed by atoms with Crippen molar-refractivity contribution in [2.45, 2.75) is 13.8 Å². The van der Waals surface area contributed by atoms with Gasteiger partial charge in [0.15, 0.2) is 0 Å². The Balaban J connectivity index is 1.79. The van der Waals surface area contributed by atoms with Crippen LogP contribution in [-0.2, 0) is 4.74 Å². The molecule has 144 valence electrons. The Morgan fingerprint density at radius 2 is 1.71 bits per heavy atom. The van der Waals surface area contributed by atoms with Gasteiger partial charge in [0, 0.05) is 10.6 Å². The standard InChI is InChI=1S/C21H17F2NO3S/c1-3-27-21(26)18-11-15(12(2)28-18)13-7-9-14(10-8-13)24-20(25)19-16(22)5-4-6-17(19)23/h4-11H,3H2,1-2H3,(H,24,25). The summed E-state index contributed by atoms with van der Waals surface area (Å²) in [5, 5.41) is 2.48. The van der Waals surface area contributed by atoms with Crippen LogP contribution in [0, 0.1) is 18.6 Å². The fourth-order valence-corrected chi connectivity index (χ4v) is 3.65. The fraction of sp³-hybridized carbons (Fsp3) is 0.143. The van der Waals surface area contributed by atoms with E-state index in [1.165, 1.54) is 17.4 Å². The molecule has 0 aliphatic rings. The highest BCUT2D eigenvalue weighted by Gasteiger charge is 2.18. The van der Waals surface area contributed by atoms with Gasteiger partial charge in [-0.05, 0) is 55.3 Å². The summed E-state index contributed by atoms with van der Waals surface area (Å²) in [5.41, 5.74) is 1.50. The van der Waals surface area contributed by atoms with Gasteiger partial charge >= 0.3 is 5.97 Å². The van der Waals surface area contributed by atoms with Crippen molar-refractivity contribution < 1.29 is 23.1 Å². The Hall–Kier alpha value is -3.06. The molecule has 3 aromatic rings. The van der Waals surface area contributed by atoms with Crippen molar-refractivity contribution in [3.8, 4) is 11.1 Å². The molecular weight excluding hydrogens is 384 g/mol. The minimum absolute atomic E-state index is 0.308. The molecule has 0 radical (unpaired) electrons. The van der Waals surface area contributed by atoms with E-state index in [1.807, 2.05) is 6.92 Å². The molecule has 0 bridgehead atoms. The van der Waals surface area contributed by atoms with Crippen molar-refractivity contribution >= 4 is 28.9 Å². The van der Waals surface area contributed by atoms with E-state index in [2.05, 4.69) is 5.32 Å². The first-order valence-electron chi connectivity index (χ1n) is 8.54. The number of thiophene rings is 1. The molecule has 1 amide bonds. The zero-order valence-corrected chi connectivity index (χ0v) is 16.0. The predicted molar refractivity (Wildman–Crippen MR) is 105 cm³/mol. The average Bonchev–Trinajstić information content (AvgIpc) is 3.04. The molecule has 0 spiro atoms. The maximum absolute atomic E-state index is 13.7. The van der Waals surface area contributed by atoms with Crippen molar-refractivity contribution in [3.05, 3.63) is 75.5 Å². The number of halogens is 2. The number of hydrogen-bond acceptors (Lipinski definition) is 4. The molecule has 28 heavy (non-hydrogen) atoms. The zero-order chi connectivity index (χ0) is 20.3. The number of amides is 1. The Morgan fingerprint density at radius 3 is 2.32 bits per heavy atom. The predicted octanol–water partition coefficient (Wildman–Crippen LogP) is 5.43. The molecule has 0 saturated carbocycles. The first-order valence-corrected chi connectivity index (χ1v) is 9.35. The molecule has 4 nitrogen and oxygen atoms in total. The van der Waals surface area contributed by atoms with E-state index in [9.17, 15) is 18.4 Å². The summed E-state index contributed by atoms with van der Waals surface area (Å²) in [5.74, 6) is -3.07. The van der Waals surface area contributed by atoms with Crippen molar-refractivity contribution in [1.82, 2.24) is 0 Å². The van der Waals surface area contributed by atoms with Gasteiger partial charge < -0.3 is 10.1 Å². The molecule has 0 aliphatic carbocycles.